The van der Waals surface area contributed by atoms with E-state index in [0.717, 1.165) is 44.5 Å². The molecule has 0 unspecified atom stereocenters. The van der Waals surface area contributed by atoms with Crippen molar-refractivity contribution in [2.45, 2.75) is 56.4 Å². The zero-order valence-corrected chi connectivity index (χ0v) is 18.4. The lowest BCUT2D eigenvalue weighted by atomic mass is 9.69. The van der Waals surface area contributed by atoms with Crippen molar-refractivity contribution < 1.29 is 9.53 Å². The number of benzene rings is 1. The zero-order chi connectivity index (χ0) is 20.1. The quantitative estimate of drug-likeness (QED) is 0.730. The summed E-state index contributed by atoms with van der Waals surface area (Å²) in [6.07, 6.45) is 9.64. The summed E-state index contributed by atoms with van der Waals surface area (Å²) in [5, 5.41) is 14.9. The number of rotatable bonds is 6. The molecule has 7 nitrogen and oxygen atoms in total. The van der Waals surface area contributed by atoms with Crippen molar-refractivity contribution in [3.63, 3.8) is 0 Å². The summed E-state index contributed by atoms with van der Waals surface area (Å²) in [7, 11) is 1.68. The first kappa shape index (κ1) is 22.6. The lowest BCUT2D eigenvalue weighted by Gasteiger charge is -2.38. The summed E-state index contributed by atoms with van der Waals surface area (Å²) in [5.74, 6) is 0.724. The second-order valence-corrected chi connectivity index (χ2v) is 8.32. The molecule has 2 aliphatic rings. The van der Waals surface area contributed by atoms with Gasteiger partial charge in [-0.3, -0.25) is 4.79 Å². The van der Waals surface area contributed by atoms with Crippen LogP contribution in [0.15, 0.2) is 30.5 Å². The zero-order valence-electron chi connectivity index (χ0n) is 17.6. The second kappa shape index (κ2) is 10.3. The third kappa shape index (κ3) is 4.95. The van der Waals surface area contributed by atoms with Gasteiger partial charge in [0.2, 0.25) is 0 Å². The Morgan fingerprint density at radius 1 is 1.20 bits per heavy atom. The van der Waals surface area contributed by atoms with Gasteiger partial charge in [0.1, 0.15) is 5.75 Å². The van der Waals surface area contributed by atoms with Crippen molar-refractivity contribution in [1.29, 1.82) is 0 Å². The van der Waals surface area contributed by atoms with Crippen LogP contribution in [0.4, 0.5) is 0 Å². The number of carbonyl (C=O) groups is 1. The van der Waals surface area contributed by atoms with Crippen LogP contribution >= 0.6 is 12.4 Å². The molecule has 1 aromatic heterocycles. The number of methoxy groups -OCH3 is 1. The van der Waals surface area contributed by atoms with Crippen LogP contribution in [0.5, 0.6) is 5.75 Å². The van der Waals surface area contributed by atoms with Crippen LogP contribution in [-0.4, -0.2) is 47.6 Å². The van der Waals surface area contributed by atoms with Gasteiger partial charge < -0.3 is 15.4 Å². The molecule has 1 aliphatic carbocycles. The number of halogens is 1. The van der Waals surface area contributed by atoms with Crippen molar-refractivity contribution in [1.82, 2.24) is 25.6 Å². The molecule has 4 rings (SSSR count). The lowest BCUT2D eigenvalue weighted by Crippen LogP contribution is -2.42. The van der Waals surface area contributed by atoms with E-state index in [1.165, 1.54) is 24.8 Å². The molecular formula is C22H32ClN5O2. The number of hydrogen-bond donors (Lipinski definition) is 2. The molecule has 164 valence electrons. The Morgan fingerprint density at radius 2 is 1.90 bits per heavy atom. The number of nitrogens with one attached hydrogen (secondary N) is 2. The molecule has 30 heavy (non-hydrogen) atoms. The van der Waals surface area contributed by atoms with Crippen LogP contribution in [0.25, 0.3) is 0 Å². The maximum absolute atomic E-state index is 12.8. The number of amides is 1. The fourth-order valence-corrected chi connectivity index (χ4v) is 4.71. The summed E-state index contributed by atoms with van der Waals surface area (Å²) >= 11 is 0. The number of hydrogen-bond acceptors (Lipinski definition) is 5. The van der Waals surface area contributed by atoms with Crippen LogP contribution < -0.4 is 15.4 Å². The summed E-state index contributed by atoms with van der Waals surface area (Å²) in [4.78, 5) is 12.8. The molecule has 1 amide bonds. The van der Waals surface area contributed by atoms with E-state index in [2.05, 4.69) is 33.1 Å². The fraction of sp³-hybridized carbons (Fsp3) is 0.591. The minimum atomic E-state index is -0.136. The average Bonchev–Trinajstić information content (AvgIpc) is 3.29. The molecule has 0 spiro atoms. The number of piperidine rings is 1. The Kier molecular flexibility index (Phi) is 7.72. The van der Waals surface area contributed by atoms with Gasteiger partial charge in [-0.25, -0.2) is 4.68 Å². The van der Waals surface area contributed by atoms with E-state index in [1.807, 2.05) is 16.8 Å². The Morgan fingerprint density at radius 3 is 2.57 bits per heavy atom. The average molecular weight is 434 g/mol. The molecule has 2 heterocycles. The van der Waals surface area contributed by atoms with Crippen LogP contribution in [0, 0.1) is 0 Å². The van der Waals surface area contributed by atoms with Gasteiger partial charge in [0.05, 0.1) is 19.3 Å². The summed E-state index contributed by atoms with van der Waals surface area (Å²) in [6, 6.07) is 8.64. The van der Waals surface area contributed by atoms with Gasteiger partial charge in [0, 0.05) is 12.0 Å². The van der Waals surface area contributed by atoms with Crippen LogP contribution in [0.2, 0.25) is 0 Å². The molecule has 2 aromatic rings. The Bertz CT molecular complexity index is 811. The van der Waals surface area contributed by atoms with Gasteiger partial charge in [-0.05, 0) is 56.5 Å². The third-order valence-corrected chi connectivity index (χ3v) is 6.53. The van der Waals surface area contributed by atoms with Gasteiger partial charge in [0.25, 0.3) is 5.91 Å². The maximum atomic E-state index is 12.8. The van der Waals surface area contributed by atoms with Crippen LogP contribution in [0.1, 0.15) is 67.0 Å². The first-order valence-corrected chi connectivity index (χ1v) is 10.8. The monoisotopic (exact) mass is 433 g/mol. The highest BCUT2D eigenvalue weighted by atomic mass is 35.5. The minimum Gasteiger partial charge on any atom is -0.497 e. The van der Waals surface area contributed by atoms with Crippen molar-refractivity contribution in [2.75, 3.05) is 26.7 Å². The second-order valence-electron chi connectivity index (χ2n) is 8.32. The smallest absolute Gasteiger partial charge is 0.273 e. The molecule has 1 aliphatic heterocycles. The predicted octanol–water partition coefficient (Wildman–Crippen LogP) is 3.26. The molecule has 0 bridgehead atoms. The van der Waals surface area contributed by atoms with E-state index in [9.17, 15) is 4.79 Å². The molecule has 8 heteroatoms. The topological polar surface area (TPSA) is 81.1 Å². The Hall–Kier alpha value is -2.12. The summed E-state index contributed by atoms with van der Waals surface area (Å²) < 4.78 is 7.16. The molecule has 1 saturated carbocycles. The van der Waals surface area contributed by atoms with E-state index in [4.69, 9.17) is 4.74 Å². The van der Waals surface area contributed by atoms with Crippen LogP contribution in [0.3, 0.4) is 0 Å². The van der Waals surface area contributed by atoms with Gasteiger partial charge in [-0.1, -0.05) is 36.6 Å². The highest BCUT2D eigenvalue weighted by Crippen LogP contribution is 2.39. The normalized spacial score (nSPS) is 19.0. The largest absolute Gasteiger partial charge is 0.497 e. The number of carbonyl (C=O) groups excluding carboxylic acids is 1. The summed E-state index contributed by atoms with van der Waals surface area (Å²) in [5.41, 5.74) is 1.66. The van der Waals surface area contributed by atoms with Crippen molar-refractivity contribution in [2.24, 2.45) is 0 Å². The van der Waals surface area contributed by atoms with E-state index in [-0.39, 0.29) is 23.7 Å². The molecule has 1 aromatic carbocycles. The standard InChI is InChI=1S/C22H31N5O2.ClH/c1-29-19-7-5-17(6-8-19)22(11-3-2-4-12-22)16-24-21(28)20-15-27(26-25-20)18-9-13-23-14-10-18;/h5-8,15,18,23H,2-4,9-14,16H2,1H3,(H,24,28);1H. The van der Waals surface area contributed by atoms with Crippen molar-refractivity contribution >= 4 is 18.3 Å². The lowest BCUT2D eigenvalue weighted by molar-refractivity contribution is 0.0931. The molecule has 0 atom stereocenters. The first-order chi connectivity index (χ1) is 14.2. The molecule has 2 N–H and O–H groups in total. The molecular weight excluding hydrogens is 402 g/mol. The fourth-order valence-electron chi connectivity index (χ4n) is 4.71. The van der Waals surface area contributed by atoms with Gasteiger partial charge in [0.15, 0.2) is 5.69 Å². The number of aromatic nitrogens is 3. The van der Waals surface area contributed by atoms with Gasteiger partial charge in [-0.15, -0.1) is 17.5 Å². The Balaban J connectivity index is 0.00000256. The Labute approximate surface area is 184 Å². The molecule has 0 radical (unpaired) electrons. The van der Waals surface area contributed by atoms with Gasteiger partial charge >= 0.3 is 0 Å². The maximum Gasteiger partial charge on any atom is 0.273 e. The van der Waals surface area contributed by atoms with E-state index in [0.29, 0.717) is 18.3 Å². The minimum absolute atomic E-state index is 0. The van der Waals surface area contributed by atoms with E-state index >= 15 is 0 Å². The van der Waals surface area contributed by atoms with Crippen LogP contribution in [-0.2, 0) is 5.41 Å². The van der Waals surface area contributed by atoms with Gasteiger partial charge in [-0.2, -0.15) is 0 Å². The van der Waals surface area contributed by atoms with Crippen molar-refractivity contribution in [3.05, 3.63) is 41.7 Å². The SMILES string of the molecule is COc1ccc(C2(CNC(=O)c3cn(C4CCNCC4)nn3)CCCCC2)cc1.Cl. The highest BCUT2D eigenvalue weighted by molar-refractivity contribution is 5.91. The van der Waals surface area contributed by atoms with E-state index in [1.54, 1.807) is 13.3 Å². The molecule has 2 fully saturated rings. The van der Waals surface area contributed by atoms with E-state index < -0.39 is 0 Å². The third-order valence-electron chi connectivity index (χ3n) is 6.53. The number of ether oxygens (including phenoxy) is 1. The number of nitrogens with zero attached hydrogens (tertiary/aromatic N) is 3. The molecule has 1 saturated heterocycles. The highest BCUT2D eigenvalue weighted by Gasteiger charge is 2.34. The van der Waals surface area contributed by atoms with Crippen molar-refractivity contribution in [3.8, 4) is 5.75 Å². The first-order valence-electron chi connectivity index (χ1n) is 10.8. The summed E-state index contributed by atoms with van der Waals surface area (Å²) in [6.45, 7) is 2.59. The predicted molar refractivity (Wildman–Crippen MR) is 119 cm³/mol.